The molecule has 0 aromatic rings. The van der Waals surface area contributed by atoms with Crippen molar-refractivity contribution in [1.82, 2.24) is 4.90 Å². The predicted octanol–water partition coefficient (Wildman–Crippen LogP) is 1.84. The smallest absolute Gasteiger partial charge is 0.0609 e. The molecule has 2 aliphatic rings. The summed E-state index contributed by atoms with van der Waals surface area (Å²) in [6.07, 6.45) is 6.73. The zero-order valence-electron chi connectivity index (χ0n) is 12.2. The molecular weight excluding hydrogens is 224 g/mol. The van der Waals surface area contributed by atoms with Crippen molar-refractivity contribution in [3.05, 3.63) is 0 Å². The first-order chi connectivity index (χ1) is 8.41. The van der Waals surface area contributed by atoms with Crippen molar-refractivity contribution in [3.63, 3.8) is 0 Å². The molecule has 0 radical (unpaired) electrons. The molecule has 5 atom stereocenters. The Morgan fingerprint density at radius 2 is 2.11 bits per heavy atom. The summed E-state index contributed by atoms with van der Waals surface area (Å²) < 4.78 is 0. The summed E-state index contributed by atoms with van der Waals surface area (Å²) >= 11 is 0. The predicted molar refractivity (Wildman–Crippen MR) is 75.3 cm³/mol. The fourth-order valence-corrected chi connectivity index (χ4v) is 4.05. The van der Waals surface area contributed by atoms with Gasteiger partial charge in [0.15, 0.2) is 0 Å². The summed E-state index contributed by atoms with van der Waals surface area (Å²) in [6.45, 7) is 5.45. The Balaban J connectivity index is 1.79. The SMILES string of the molecule is CC(CC(C)(N)CO)N(C)CC1CC2CCC1C2. The van der Waals surface area contributed by atoms with Crippen LogP contribution >= 0.6 is 0 Å². The second-order valence-electron chi connectivity index (χ2n) is 7.24. The van der Waals surface area contributed by atoms with Gasteiger partial charge < -0.3 is 15.7 Å². The van der Waals surface area contributed by atoms with Crippen LogP contribution in [-0.2, 0) is 0 Å². The molecular formula is C15H30N2O. The van der Waals surface area contributed by atoms with Crippen molar-refractivity contribution in [2.24, 2.45) is 23.5 Å². The van der Waals surface area contributed by atoms with Crippen LogP contribution in [0.3, 0.4) is 0 Å². The van der Waals surface area contributed by atoms with Crippen molar-refractivity contribution < 1.29 is 5.11 Å². The average Bonchev–Trinajstić information content (AvgIpc) is 2.90. The van der Waals surface area contributed by atoms with Crippen LogP contribution in [0.4, 0.5) is 0 Å². The Labute approximate surface area is 112 Å². The van der Waals surface area contributed by atoms with Crippen LogP contribution in [0.25, 0.3) is 0 Å². The van der Waals surface area contributed by atoms with E-state index in [4.69, 9.17) is 5.73 Å². The molecule has 0 aromatic carbocycles. The maximum Gasteiger partial charge on any atom is 0.0609 e. The largest absolute Gasteiger partial charge is 0.394 e. The lowest BCUT2D eigenvalue weighted by molar-refractivity contribution is 0.131. The zero-order valence-corrected chi connectivity index (χ0v) is 12.2. The average molecular weight is 254 g/mol. The van der Waals surface area contributed by atoms with E-state index in [9.17, 15) is 5.11 Å². The third kappa shape index (κ3) is 3.25. The van der Waals surface area contributed by atoms with Crippen molar-refractivity contribution in [1.29, 1.82) is 0 Å². The fraction of sp³-hybridized carbons (Fsp3) is 1.00. The molecule has 0 saturated heterocycles. The fourth-order valence-electron chi connectivity index (χ4n) is 4.05. The number of hydrogen-bond acceptors (Lipinski definition) is 3. The van der Waals surface area contributed by atoms with Gasteiger partial charge in [-0.1, -0.05) is 6.42 Å². The van der Waals surface area contributed by atoms with Gasteiger partial charge in [-0.3, -0.25) is 0 Å². The van der Waals surface area contributed by atoms with Gasteiger partial charge in [0, 0.05) is 18.1 Å². The quantitative estimate of drug-likeness (QED) is 0.760. The number of fused-ring (bicyclic) bond motifs is 2. The minimum Gasteiger partial charge on any atom is -0.394 e. The summed E-state index contributed by atoms with van der Waals surface area (Å²) in [4.78, 5) is 2.45. The number of nitrogens with zero attached hydrogens (tertiary/aromatic N) is 1. The Kier molecular flexibility index (Phi) is 4.35. The molecule has 3 N–H and O–H groups in total. The number of hydrogen-bond donors (Lipinski definition) is 2. The molecule has 2 aliphatic carbocycles. The second kappa shape index (κ2) is 5.48. The van der Waals surface area contributed by atoms with Crippen LogP contribution < -0.4 is 5.73 Å². The maximum atomic E-state index is 9.25. The van der Waals surface area contributed by atoms with Crippen LogP contribution in [0.2, 0.25) is 0 Å². The number of rotatable bonds is 6. The van der Waals surface area contributed by atoms with E-state index in [0.717, 1.165) is 24.2 Å². The molecule has 0 aliphatic heterocycles. The number of nitrogens with two attached hydrogens (primary N) is 1. The van der Waals surface area contributed by atoms with Crippen molar-refractivity contribution in [3.8, 4) is 0 Å². The van der Waals surface area contributed by atoms with Gasteiger partial charge in [0.25, 0.3) is 0 Å². The topological polar surface area (TPSA) is 49.5 Å². The van der Waals surface area contributed by atoms with Crippen LogP contribution in [0.1, 0.15) is 46.0 Å². The number of aliphatic hydroxyl groups is 1. The summed E-state index contributed by atoms with van der Waals surface area (Å²) in [7, 11) is 2.21. The van der Waals surface area contributed by atoms with E-state index < -0.39 is 5.54 Å². The Hall–Kier alpha value is -0.120. The first-order valence-corrected chi connectivity index (χ1v) is 7.51. The summed E-state index contributed by atoms with van der Waals surface area (Å²) in [5.41, 5.74) is 5.60. The first-order valence-electron chi connectivity index (χ1n) is 7.51. The van der Waals surface area contributed by atoms with E-state index in [1.54, 1.807) is 0 Å². The van der Waals surface area contributed by atoms with Crippen molar-refractivity contribution >= 4 is 0 Å². The second-order valence-corrected chi connectivity index (χ2v) is 7.24. The molecule has 0 aromatic heterocycles. The molecule has 0 heterocycles. The lowest BCUT2D eigenvalue weighted by Crippen LogP contribution is -2.47. The van der Waals surface area contributed by atoms with Gasteiger partial charge in [-0.2, -0.15) is 0 Å². The van der Waals surface area contributed by atoms with E-state index in [-0.39, 0.29) is 6.61 Å². The van der Waals surface area contributed by atoms with E-state index >= 15 is 0 Å². The Morgan fingerprint density at radius 1 is 1.39 bits per heavy atom. The van der Waals surface area contributed by atoms with Crippen LogP contribution in [0, 0.1) is 17.8 Å². The minimum atomic E-state index is -0.442. The molecule has 3 heteroatoms. The summed E-state index contributed by atoms with van der Waals surface area (Å²) in [6, 6.07) is 0.450. The first kappa shape index (κ1) is 14.3. The Bertz CT molecular complexity index is 280. The van der Waals surface area contributed by atoms with Crippen molar-refractivity contribution in [2.45, 2.75) is 57.5 Å². The van der Waals surface area contributed by atoms with E-state index in [2.05, 4.69) is 18.9 Å². The highest BCUT2D eigenvalue weighted by Gasteiger charge is 2.40. The monoisotopic (exact) mass is 254 g/mol. The highest BCUT2D eigenvalue weighted by atomic mass is 16.3. The molecule has 2 rings (SSSR count). The van der Waals surface area contributed by atoms with Gasteiger partial charge in [-0.05, 0) is 64.3 Å². The maximum absolute atomic E-state index is 9.25. The standard InChI is InChI=1S/C15H30N2O/c1-11(8-15(2,16)10-18)17(3)9-14-7-12-4-5-13(14)6-12/h11-14,18H,4-10,16H2,1-3H3. The summed E-state index contributed by atoms with van der Waals surface area (Å²) in [5, 5.41) is 9.25. The third-order valence-corrected chi connectivity index (χ3v) is 5.28. The van der Waals surface area contributed by atoms with E-state index in [0.29, 0.717) is 6.04 Å². The molecule has 0 spiro atoms. The Morgan fingerprint density at radius 3 is 2.61 bits per heavy atom. The van der Waals surface area contributed by atoms with Gasteiger partial charge in [0.1, 0.15) is 0 Å². The molecule has 0 amide bonds. The molecule has 2 saturated carbocycles. The van der Waals surface area contributed by atoms with Crippen LogP contribution in [-0.4, -0.2) is 41.8 Å². The zero-order chi connectivity index (χ0) is 13.3. The molecule has 2 bridgehead atoms. The highest BCUT2D eigenvalue weighted by molar-refractivity contribution is 4.92. The molecule has 3 nitrogen and oxygen atoms in total. The summed E-state index contributed by atoms with van der Waals surface area (Å²) in [5.74, 6) is 2.93. The van der Waals surface area contributed by atoms with Gasteiger partial charge >= 0.3 is 0 Å². The van der Waals surface area contributed by atoms with E-state index in [1.807, 2.05) is 6.92 Å². The normalized spacial score (nSPS) is 36.0. The van der Waals surface area contributed by atoms with E-state index in [1.165, 1.54) is 32.2 Å². The number of aliphatic hydroxyl groups excluding tert-OH is 1. The molecule has 18 heavy (non-hydrogen) atoms. The third-order valence-electron chi connectivity index (χ3n) is 5.28. The molecule has 106 valence electrons. The van der Waals surface area contributed by atoms with Gasteiger partial charge in [-0.25, -0.2) is 0 Å². The molecule has 2 fully saturated rings. The van der Waals surface area contributed by atoms with Crippen molar-refractivity contribution in [2.75, 3.05) is 20.2 Å². The van der Waals surface area contributed by atoms with Gasteiger partial charge in [0.05, 0.1) is 6.61 Å². The van der Waals surface area contributed by atoms with Gasteiger partial charge in [0.2, 0.25) is 0 Å². The van der Waals surface area contributed by atoms with Gasteiger partial charge in [-0.15, -0.1) is 0 Å². The van der Waals surface area contributed by atoms with Crippen LogP contribution in [0.5, 0.6) is 0 Å². The molecule has 5 unspecified atom stereocenters. The van der Waals surface area contributed by atoms with Crippen LogP contribution in [0.15, 0.2) is 0 Å². The highest BCUT2D eigenvalue weighted by Crippen LogP contribution is 2.48. The lowest BCUT2D eigenvalue weighted by atomic mass is 9.87. The lowest BCUT2D eigenvalue weighted by Gasteiger charge is -2.34. The minimum absolute atomic E-state index is 0.0688.